The maximum atomic E-state index is 12.4. The summed E-state index contributed by atoms with van der Waals surface area (Å²) in [7, 11) is -0.876. The van der Waals surface area contributed by atoms with E-state index in [1.54, 1.807) is 0 Å². The van der Waals surface area contributed by atoms with Crippen molar-refractivity contribution in [3.05, 3.63) is 71.3 Å². The predicted octanol–water partition coefficient (Wildman–Crippen LogP) is 2.77. The molecule has 2 N–H and O–H groups in total. The molecule has 0 spiro atoms. The number of fused-ring (bicyclic) bond motifs is 1. The van der Waals surface area contributed by atoms with Gasteiger partial charge in [0.25, 0.3) is 0 Å². The van der Waals surface area contributed by atoms with E-state index in [9.17, 15) is 9.82 Å². The van der Waals surface area contributed by atoms with Crippen molar-refractivity contribution in [3.8, 4) is 0 Å². The molecule has 4 rings (SSSR count). The molecule has 4 nitrogen and oxygen atoms in total. The average Bonchev–Trinajstić information content (AvgIpc) is 3.01. The van der Waals surface area contributed by atoms with E-state index in [2.05, 4.69) is 36.5 Å². The SMILES string of the molecule is C[C@@H]1C=C[C@@H]1c1cccc(NC(=O)CCc2cccc3c2B(O)OC3)c1. The Balaban J connectivity index is 1.39. The standard InChI is InChI=1S/C21H22BNO3/c1-14-8-10-19(14)16-5-3-7-18(12-16)23-20(24)11-9-15-4-2-6-17-13-26-22(25)21(15)17/h2-8,10,12,14,19,25H,9,11,13H2,1H3,(H,23,24)/t14-,19+/m1/s1. The fourth-order valence-corrected chi connectivity index (χ4v) is 3.73. The highest BCUT2D eigenvalue weighted by Gasteiger charge is 2.29. The number of carbonyl (C=O) groups is 1. The third kappa shape index (κ3) is 3.33. The van der Waals surface area contributed by atoms with Crippen LogP contribution >= 0.6 is 0 Å². The van der Waals surface area contributed by atoms with Gasteiger partial charge < -0.3 is 15.0 Å². The van der Waals surface area contributed by atoms with E-state index >= 15 is 0 Å². The average molecular weight is 347 g/mol. The molecule has 1 heterocycles. The molecule has 132 valence electrons. The number of benzene rings is 2. The zero-order valence-electron chi connectivity index (χ0n) is 14.8. The second kappa shape index (κ2) is 7.10. The van der Waals surface area contributed by atoms with Crippen LogP contribution in [0, 0.1) is 5.92 Å². The van der Waals surface area contributed by atoms with Crippen LogP contribution < -0.4 is 10.8 Å². The van der Waals surface area contributed by atoms with Crippen molar-refractivity contribution in [2.75, 3.05) is 5.32 Å². The van der Waals surface area contributed by atoms with Gasteiger partial charge in [0, 0.05) is 18.0 Å². The van der Waals surface area contributed by atoms with Crippen LogP contribution in [0.25, 0.3) is 0 Å². The second-order valence-corrected chi connectivity index (χ2v) is 7.10. The predicted molar refractivity (Wildman–Crippen MR) is 103 cm³/mol. The lowest BCUT2D eigenvalue weighted by Gasteiger charge is -2.26. The topological polar surface area (TPSA) is 58.6 Å². The quantitative estimate of drug-likeness (QED) is 0.646. The van der Waals surface area contributed by atoms with Crippen molar-refractivity contribution in [2.24, 2.45) is 5.92 Å². The van der Waals surface area contributed by atoms with Crippen LogP contribution in [0.15, 0.2) is 54.6 Å². The fraction of sp³-hybridized carbons (Fsp3) is 0.286. The summed E-state index contributed by atoms with van der Waals surface area (Å²) >= 11 is 0. The molecule has 5 heteroatoms. The summed E-state index contributed by atoms with van der Waals surface area (Å²) in [5, 5.41) is 13.0. The molecule has 0 saturated heterocycles. The third-order valence-electron chi connectivity index (χ3n) is 5.30. The Morgan fingerprint density at radius 2 is 2.12 bits per heavy atom. The highest BCUT2D eigenvalue weighted by atomic mass is 16.5. The van der Waals surface area contributed by atoms with Crippen LogP contribution in [0.5, 0.6) is 0 Å². The van der Waals surface area contributed by atoms with Crippen molar-refractivity contribution >= 4 is 24.2 Å². The van der Waals surface area contributed by atoms with E-state index in [-0.39, 0.29) is 5.91 Å². The third-order valence-corrected chi connectivity index (χ3v) is 5.30. The van der Waals surface area contributed by atoms with Gasteiger partial charge in [-0.15, -0.1) is 0 Å². The van der Waals surface area contributed by atoms with E-state index in [4.69, 9.17) is 4.65 Å². The molecule has 2 atom stereocenters. The van der Waals surface area contributed by atoms with Crippen molar-refractivity contribution in [1.82, 2.24) is 0 Å². The van der Waals surface area contributed by atoms with Gasteiger partial charge in [-0.2, -0.15) is 0 Å². The fourth-order valence-electron chi connectivity index (χ4n) is 3.73. The van der Waals surface area contributed by atoms with E-state index in [1.807, 2.05) is 30.3 Å². The maximum Gasteiger partial charge on any atom is 0.492 e. The first-order valence-corrected chi connectivity index (χ1v) is 9.10. The first-order chi connectivity index (χ1) is 12.6. The van der Waals surface area contributed by atoms with Crippen molar-refractivity contribution in [3.63, 3.8) is 0 Å². The van der Waals surface area contributed by atoms with Crippen molar-refractivity contribution in [1.29, 1.82) is 0 Å². The zero-order chi connectivity index (χ0) is 18.1. The molecule has 2 aromatic rings. The smallest absolute Gasteiger partial charge is 0.423 e. The number of rotatable bonds is 5. The summed E-state index contributed by atoms with van der Waals surface area (Å²) in [6.45, 7) is 2.63. The van der Waals surface area contributed by atoms with E-state index < -0.39 is 7.12 Å². The molecule has 2 aliphatic rings. The molecule has 2 aromatic carbocycles. The number of amides is 1. The minimum atomic E-state index is -0.876. The number of allylic oxidation sites excluding steroid dienone is 2. The van der Waals surface area contributed by atoms with Gasteiger partial charge in [0.2, 0.25) is 5.91 Å². The molecule has 1 aliphatic heterocycles. The Kier molecular flexibility index (Phi) is 4.66. The number of anilines is 1. The molecular formula is C21H22BNO3. The highest BCUT2D eigenvalue weighted by Crippen LogP contribution is 2.35. The number of hydrogen-bond acceptors (Lipinski definition) is 3. The van der Waals surface area contributed by atoms with Crippen LogP contribution in [0.3, 0.4) is 0 Å². The van der Waals surface area contributed by atoms with Crippen LogP contribution in [0.1, 0.15) is 36.0 Å². The van der Waals surface area contributed by atoms with Gasteiger partial charge >= 0.3 is 7.12 Å². The summed E-state index contributed by atoms with van der Waals surface area (Å²) in [4.78, 5) is 12.4. The monoisotopic (exact) mass is 347 g/mol. The molecule has 1 aliphatic carbocycles. The summed E-state index contributed by atoms with van der Waals surface area (Å²) in [5.41, 5.74) is 4.88. The molecule has 0 fully saturated rings. The van der Waals surface area contributed by atoms with Crippen molar-refractivity contribution in [2.45, 2.75) is 32.3 Å². The molecule has 26 heavy (non-hydrogen) atoms. The molecule has 1 amide bonds. The Bertz CT molecular complexity index is 864. The summed E-state index contributed by atoms with van der Waals surface area (Å²) in [5.74, 6) is 0.973. The number of carbonyl (C=O) groups excluding carboxylic acids is 1. The van der Waals surface area contributed by atoms with Gasteiger partial charge in [-0.1, -0.05) is 49.4 Å². The normalized spacial score (nSPS) is 20.6. The molecular weight excluding hydrogens is 325 g/mol. The molecule has 0 radical (unpaired) electrons. The van der Waals surface area contributed by atoms with Gasteiger partial charge in [0.1, 0.15) is 0 Å². The van der Waals surface area contributed by atoms with E-state index in [1.165, 1.54) is 5.56 Å². The highest BCUT2D eigenvalue weighted by molar-refractivity contribution is 6.62. The Morgan fingerprint density at radius 3 is 2.88 bits per heavy atom. The lowest BCUT2D eigenvalue weighted by molar-refractivity contribution is -0.116. The number of nitrogens with one attached hydrogen (secondary N) is 1. The van der Waals surface area contributed by atoms with Gasteiger partial charge in [-0.25, -0.2) is 0 Å². The summed E-state index contributed by atoms with van der Waals surface area (Å²) in [6, 6.07) is 13.9. The molecule has 0 bridgehead atoms. The second-order valence-electron chi connectivity index (χ2n) is 7.10. The molecule has 0 saturated carbocycles. The van der Waals surface area contributed by atoms with E-state index in [0.717, 1.165) is 22.3 Å². The largest absolute Gasteiger partial charge is 0.492 e. The van der Waals surface area contributed by atoms with Gasteiger partial charge in [0.05, 0.1) is 6.61 Å². The van der Waals surface area contributed by atoms with Gasteiger partial charge in [-0.05, 0) is 46.6 Å². The minimum absolute atomic E-state index is 0.0228. The van der Waals surface area contributed by atoms with Crippen LogP contribution in [0.2, 0.25) is 0 Å². The van der Waals surface area contributed by atoms with E-state index in [0.29, 0.717) is 31.3 Å². The maximum absolute atomic E-state index is 12.4. The Hall–Kier alpha value is -2.37. The van der Waals surface area contributed by atoms with Crippen LogP contribution in [-0.2, 0) is 22.5 Å². The molecule has 0 unspecified atom stereocenters. The zero-order valence-corrected chi connectivity index (χ0v) is 14.8. The summed E-state index contributed by atoms with van der Waals surface area (Å²) < 4.78 is 5.28. The first-order valence-electron chi connectivity index (χ1n) is 9.10. The van der Waals surface area contributed by atoms with Gasteiger partial charge in [0.15, 0.2) is 0 Å². The Labute approximate surface area is 154 Å². The molecule has 0 aromatic heterocycles. The Morgan fingerprint density at radius 1 is 1.27 bits per heavy atom. The lowest BCUT2D eigenvalue weighted by atomic mass is 9.75. The number of aryl methyl sites for hydroxylation is 1. The first kappa shape index (κ1) is 17.1. The van der Waals surface area contributed by atoms with Gasteiger partial charge in [-0.3, -0.25) is 4.79 Å². The summed E-state index contributed by atoms with van der Waals surface area (Å²) in [6.07, 6.45) is 5.35. The van der Waals surface area contributed by atoms with Crippen LogP contribution in [0.4, 0.5) is 5.69 Å². The van der Waals surface area contributed by atoms with Crippen LogP contribution in [-0.4, -0.2) is 18.0 Å². The lowest BCUT2D eigenvalue weighted by Crippen LogP contribution is -2.31. The van der Waals surface area contributed by atoms with Crippen molar-refractivity contribution < 1.29 is 14.5 Å². The number of hydrogen-bond donors (Lipinski definition) is 2. The minimum Gasteiger partial charge on any atom is -0.423 e.